The Morgan fingerprint density at radius 1 is 1.52 bits per heavy atom. The number of nitrogens with zero attached hydrogens (tertiary/aromatic N) is 2. The number of carbonyl (C=O) groups excluding carboxylic acids is 1. The highest BCUT2D eigenvalue weighted by molar-refractivity contribution is 5.94. The van der Waals surface area contributed by atoms with Crippen molar-refractivity contribution >= 4 is 11.7 Å². The van der Waals surface area contributed by atoms with Crippen molar-refractivity contribution in [1.82, 2.24) is 10.1 Å². The Morgan fingerprint density at radius 3 is 2.74 bits per heavy atom. The number of likely N-dealkylation sites (tertiary alicyclic amines) is 1. The Morgan fingerprint density at radius 2 is 2.22 bits per heavy atom. The van der Waals surface area contributed by atoms with Gasteiger partial charge in [0.2, 0.25) is 5.91 Å². The smallest absolute Gasteiger partial charge is 0.242 e. The number of anilines is 1. The van der Waals surface area contributed by atoms with Gasteiger partial charge in [-0.1, -0.05) is 24.9 Å². The third-order valence-corrected chi connectivity index (χ3v) is 4.71. The Labute approximate surface area is 138 Å². The lowest BCUT2D eigenvalue weighted by Gasteiger charge is -2.37. The van der Waals surface area contributed by atoms with Crippen molar-refractivity contribution in [3.8, 4) is 0 Å². The minimum atomic E-state index is -0.266. The zero-order valence-corrected chi connectivity index (χ0v) is 14.4. The van der Waals surface area contributed by atoms with Gasteiger partial charge in [-0.25, -0.2) is 0 Å². The lowest BCUT2D eigenvalue weighted by atomic mass is 9.91. The molecule has 0 aliphatic carbocycles. The summed E-state index contributed by atoms with van der Waals surface area (Å²) in [6, 6.07) is 1.59. The maximum atomic E-state index is 12.7. The van der Waals surface area contributed by atoms with Crippen LogP contribution >= 0.6 is 0 Å². The standard InChI is InChI=1S/C17H29N3O3/c1-4-5-6-15(17(22)18-16-11-12(2)23-19-16)20-9-7-14(8-10-20)13(3)21/h11,13-15,21H,4-10H2,1-3H3,(H,18,19,22). The van der Waals surface area contributed by atoms with Crippen LogP contribution in [-0.4, -0.2) is 46.3 Å². The van der Waals surface area contributed by atoms with Gasteiger partial charge in [-0.2, -0.15) is 0 Å². The van der Waals surface area contributed by atoms with E-state index in [0.717, 1.165) is 45.2 Å². The van der Waals surface area contributed by atoms with E-state index in [4.69, 9.17) is 4.52 Å². The van der Waals surface area contributed by atoms with Crippen LogP contribution in [0.4, 0.5) is 5.82 Å². The highest BCUT2D eigenvalue weighted by Crippen LogP contribution is 2.24. The molecular weight excluding hydrogens is 294 g/mol. The molecule has 0 aromatic carbocycles. The van der Waals surface area contributed by atoms with Crippen molar-refractivity contribution < 1.29 is 14.4 Å². The normalized spacial score (nSPS) is 19.5. The topological polar surface area (TPSA) is 78.6 Å². The van der Waals surface area contributed by atoms with Crippen LogP contribution in [0.2, 0.25) is 0 Å². The molecular formula is C17H29N3O3. The largest absolute Gasteiger partial charge is 0.393 e. The highest BCUT2D eigenvalue weighted by Gasteiger charge is 2.31. The summed E-state index contributed by atoms with van der Waals surface area (Å²) in [7, 11) is 0. The van der Waals surface area contributed by atoms with Crippen molar-refractivity contribution in [1.29, 1.82) is 0 Å². The predicted octanol–water partition coefficient (Wildman–Crippen LogP) is 2.57. The molecule has 1 aliphatic heterocycles. The lowest BCUT2D eigenvalue weighted by molar-refractivity contribution is -0.122. The van der Waals surface area contributed by atoms with Crippen LogP contribution in [0.25, 0.3) is 0 Å². The molecule has 2 rings (SSSR count). The number of nitrogens with one attached hydrogen (secondary N) is 1. The van der Waals surface area contributed by atoms with Gasteiger partial charge in [0, 0.05) is 6.07 Å². The Balaban J connectivity index is 1.97. The zero-order valence-electron chi connectivity index (χ0n) is 14.4. The summed E-state index contributed by atoms with van der Waals surface area (Å²) in [5, 5.41) is 16.4. The van der Waals surface area contributed by atoms with Gasteiger partial charge in [-0.15, -0.1) is 0 Å². The molecule has 1 aromatic heterocycles. The maximum Gasteiger partial charge on any atom is 0.242 e. The van der Waals surface area contributed by atoms with Gasteiger partial charge in [-0.3, -0.25) is 9.69 Å². The van der Waals surface area contributed by atoms with Gasteiger partial charge >= 0.3 is 0 Å². The summed E-state index contributed by atoms with van der Waals surface area (Å²) < 4.78 is 5.01. The fourth-order valence-electron chi connectivity index (χ4n) is 3.23. The highest BCUT2D eigenvalue weighted by atomic mass is 16.5. The van der Waals surface area contributed by atoms with Gasteiger partial charge in [0.25, 0.3) is 0 Å². The van der Waals surface area contributed by atoms with E-state index in [1.807, 2.05) is 6.92 Å². The van der Waals surface area contributed by atoms with Crippen LogP contribution in [0.15, 0.2) is 10.6 Å². The first-order valence-electron chi connectivity index (χ1n) is 8.67. The second-order valence-electron chi connectivity index (χ2n) is 6.58. The molecule has 1 saturated heterocycles. The third-order valence-electron chi connectivity index (χ3n) is 4.71. The van der Waals surface area contributed by atoms with E-state index in [-0.39, 0.29) is 18.1 Å². The van der Waals surface area contributed by atoms with Crippen molar-refractivity contribution in [2.75, 3.05) is 18.4 Å². The molecule has 1 amide bonds. The first-order chi connectivity index (χ1) is 11.0. The fourth-order valence-corrected chi connectivity index (χ4v) is 3.23. The molecule has 130 valence electrons. The van der Waals surface area contributed by atoms with Crippen LogP contribution in [0.3, 0.4) is 0 Å². The number of aromatic nitrogens is 1. The quantitative estimate of drug-likeness (QED) is 0.806. The number of hydrogen-bond acceptors (Lipinski definition) is 5. The summed E-state index contributed by atoms with van der Waals surface area (Å²) in [6.07, 6.45) is 4.55. The van der Waals surface area contributed by atoms with E-state index >= 15 is 0 Å². The number of carbonyl (C=O) groups is 1. The molecule has 6 nitrogen and oxygen atoms in total. The first kappa shape index (κ1) is 17.9. The molecule has 1 aromatic rings. The second kappa shape index (κ2) is 8.45. The van der Waals surface area contributed by atoms with E-state index in [1.165, 1.54) is 0 Å². The van der Waals surface area contributed by atoms with E-state index in [1.54, 1.807) is 13.0 Å². The van der Waals surface area contributed by atoms with E-state index in [0.29, 0.717) is 17.5 Å². The van der Waals surface area contributed by atoms with Crippen molar-refractivity contribution in [3.63, 3.8) is 0 Å². The number of piperidine rings is 1. The molecule has 2 heterocycles. The minimum Gasteiger partial charge on any atom is -0.393 e. The molecule has 2 atom stereocenters. The molecule has 6 heteroatoms. The van der Waals surface area contributed by atoms with E-state index in [2.05, 4.69) is 22.3 Å². The van der Waals surface area contributed by atoms with Crippen LogP contribution in [0, 0.1) is 12.8 Å². The van der Waals surface area contributed by atoms with Gasteiger partial charge in [-0.05, 0) is 52.1 Å². The molecule has 0 radical (unpaired) electrons. The number of unbranched alkanes of at least 4 members (excludes halogenated alkanes) is 1. The minimum absolute atomic E-state index is 0.0118. The molecule has 0 spiro atoms. The van der Waals surface area contributed by atoms with Gasteiger partial charge in [0.15, 0.2) is 5.82 Å². The van der Waals surface area contributed by atoms with Gasteiger partial charge < -0.3 is 14.9 Å². The van der Waals surface area contributed by atoms with Gasteiger partial charge in [0.1, 0.15) is 5.76 Å². The Bertz CT molecular complexity index is 493. The van der Waals surface area contributed by atoms with Crippen molar-refractivity contribution in [2.45, 2.75) is 65.0 Å². The fraction of sp³-hybridized carbons (Fsp3) is 0.765. The van der Waals surface area contributed by atoms with Crippen molar-refractivity contribution in [2.24, 2.45) is 5.92 Å². The average Bonchev–Trinajstić information content (AvgIpc) is 2.93. The molecule has 2 unspecified atom stereocenters. The van der Waals surface area contributed by atoms with Crippen LogP contribution < -0.4 is 5.32 Å². The van der Waals surface area contributed by atoms with E-state index in [9.17, 15) is 9.90 Å². The predicted molar refractivity (Wildman–Crippen MR) is 89.2 cm³/mol. The van der Waals surface area contributed by atoms with E-state index < -0.39 is 0 Å². The van der Waals surface area contributed by atoms with Crippen molar-refractivity contribution in [3.05, 3.63) is 11.8 Å². The third kappa shape index (κ3) is 5.04. The molecule has 0 saturated carbocycles. The number of aliphatic hydroxyl groups excluding tert-OH is 1. The molecule has 23 heavy (non-hydrogen) atoms. The summed E-state index contributed by atoms with van der Waals surface area (Å²) in [5.74, 6) is 1.50. The molecule has 1 fully saturated rings. The van der Waals surface area contributed by atoms with Crippen LogP contribution in [-0.2, 0) is 4.79 Å². The average molecular weight is 323 g/mol. The SMILES string of the molecule is CCCCC(C(=O)Nc1cc(C)on1)N1CCC(C(C)O)CC1. The van der Waals surface area contributed by atoms with Gasteiger partial charge in [0.05, 0.1) is 12.1 Å². The number of rotatable bonds is 7. The molecule has 0 bridgehead atoms. The number of aliphatic hydroxyl groups is 1. The lowest BCUT2D eigenvalue weighted by Crippen LogP contribution is -2.48. The summed E-state index contributed by atoms with van der Waals surface area (Å²) >= 11 is 0. The second-order valence-corrected chi connectivity index (χ2v) is 6.58. The summed E-state index contributed by atoms with van der Waals surface area (Å²) in [4.78, 5) is 14.9. The summed E-state index contributed by atoms with van der Waals surface area (Å²) in [6.45, 7) is 7.51. The number of aryl methyl sites for hydroxylation is 1. The molecule has 2 N–H and O–H groups in total. The monoisotopic (exact) mass is 323 g/mol. The Kier molecular flexibility index (Phi) is 6.59. The maximum absolute atomic E-state index is 12.7. The molecule has 1 aliphatic rings. The number of amides is 1. The van der Waals surface area contributed by atoms with Crippen LogP contribution in [0.5, 0.6) is 0 Å². The Hall–Kier alpha value is -1.40. The number of hydrogen-bond donors (Lipinski definition) is 2. The zero-order chi connectivity index (χ0) is 16.8. The first-order valence-corrected chi connectivity index (χ1v) is 8.67. The van der Waals surface area contributed by atoms with Crippen LogP contribution in [0.1, 0.15) is 51.7 Å². The summed E-state index contributed by atoms with van der Waals surface area (Å²) in [5.41, 5.74) is 0.